The third kappa shape index (κ3) is 2.27. The van der Waals surface area contributed by atoms with Crippen LogP contribution in [0, 0.1) is 0 Å². The maximum absolute atomic E-state index is 13.7. The van der Waals surface area contributed by atoms with E-state index in [-0.39, 0.29) is 12.4 Å². The van der Waals surface area contributed by atoms with E-state index in [2.05, 4.69) is 5.32 Å². The summed E-state index contributed by atoms with van der Waals surface area (Å²) in [5, 5.41) is 3.85. The summed E-state index contributed by atoms with van der Waals surface area (Å²) in [5.74, 6) is 0. The van der Waals surface area contributed by atoms with Crippen molar-refractivity contribution in [2.75, 3.05) is 6.54 Å². The van der Waals surface area contributed by atoms with Crippen molar-refractivity contribution in [2.45, 2.75) is 25.1 Å². The number of alkyl halides is 1. The van der Waals surface area contributed by atoms with Crippen molar-refractivity contribution in [3.8, 4) is 0 Å². The molecule has 1 aromatic carbocycles. The molecule has 4 heteroatoms. The van der Waals surface area contributed by atoms with Gasteiger partial charge >= 0.3 is 0 Å². The molecular weight excluding hydrogens is 236 g/mol. The molecule has 0 amide bonds. The molecule has 1 aromatic rings. The Balaban J connectivity index is 0.00000112. The predicted octanol–water partition coefficient (Wildman–Crippen LogP) is 3.31. The van der Waals surface area contributed by atoms with Gasteiger partial charge in [-0.15, -0.1) is 12.4 Å². The summed E-state index contributed by atoms with van der Waals surface area (Å²) in [7, 11) is 0. The van der Waals surface area contributed by atoms with E-state index in [9.17, 15) is 4.39 Å². The van der Waals surface area contributed by atoms with Gasteiger partial charge in [-0.05, 0) is 37.6 Å². The Hall–Kier alpha value is -0.310. The molecule has 84 valence electrons. The fraction of sp³-hybridized carbons (Fsp3) is 0.455. The standard InChI is InChI=1S/C11H13ClFN.ClH/c1-11(10(13)5-6-14-11)8-3-2-4-9(12)7-8;/h2-4,7,10,14H,5-6H2,1H3;1H. The van der Waals surface area contributed by atoms with Gasteiger partial charge < -0.3 is 5.32 Å². The van der Waals surface area contributed by atoms with Crippen LogP contribution < -0.4 is 5.32 Å². The van der Waals surface area contributed by atoms with Crippen LogP contribution in [0.1, 0.15) is 18.9 Å². The topological polar surface area (TPSA) is 12.0 Å². The fourth-order valence-electron chi connectivity index (χ4n) is 1.95. The van der Waals surface area contributed by atoms with Crippen molar-refractivity contribution in [3.63, 3.8) is 0 Å². The second kappa shape index (κ2) is 4.69. The Morgan fingerprint density at radius 1 is 1.53 bits per heavy atom. The van der Waals surface area contributed by atoms with Crippen molar-refractivity contribution < 1.29 is 4.39 Å². The van der Waals surface area contributed by atoms with Gasteiger partial charge in [0.05, 0.1) is 5.54 Å². The quantitative estimate of drug-likeness (QED) is 0.806. The summed E-state index contributed by atoms with van der Waals surface area (Å²) in [5.41, 5.74) is 0.361. The Kier molecular flexibility index (Phi) is 3.99. The lowest BCUT2D eigenvalue weighted by atomic mass is 9.89. The number of benzene rings is 1. The third-order valence-corrected chi connectivity index (χ3v) is 3.18. The van der Waals surface area contributed by atoms with E-state index in [1.165, 1.54) is 0 Å². The molecule has 0 radical (unpaired) electrons. The summed E-state index contributed by atoms with van der Waals surface area (Å²) in [4.78, 5) is 0. The smallest absolute Gasteiger partial charge is 0.123 e. The highest BCUT2D eigenvalue weighted by Crippen LogP contribution is 2.33. The molecule has 1 nitrogen and oxygen atoms in total. The largest absolute Gasteiger partial charge is 0.305 e. The molecule has 1 aliphatic rings. The second-order valence-corrected chi connectivity index (χ2v) is 4.33. The lowest BCUT2D eigenvalue weighted by Gasteiger charge is -2.27. The van der Waals surface area contributed by atoms with Gasteiger partial charge in [-0.3, -0.25) is 0 Å². The molecular formula is C11H14Cl2FN. The van der Waals surface area contributed by atoms with Crippen molar-refractivity contribution >= 4 is 24.0 Å². The van der Waals surface area contributed by atoms with Crippen LogP contribution >= 0.6 is 24.0 Å². The van der Waals surface area contributed by atoms with Crippen LogP contribution in [0.15, 0.2) is 24.3 Å². The van der Waals surface area contributed by atoms with Gasteiger partial charge in [0.25, 0.3) is 0 Å². The third-order valence-electron chi connectivity index (χ3n) is 2.94. The lowest BCUT2D eigenvalue weighted by molar-refractivity contribution is 0.220. The molecule has 0 aromatic heterocycles. The van der Waals surface area contributed by atoms with E-state index in [0.29, 0.717) is 11.4 Å². The zero-order valence-corrected chi connectivity index (χ0v) is 10.0. The van der Waals surface area contributed by atoms with Crippen molar-refractivity contribution in [2.24, 2.45) is 0 Å². The normalized spacial score (nSPS) is 29.9. The molecule has 0 spiro atoms. The molecule has 1 N–H and O–H groups in total. The van der Waals surface area contributed by atoms with Crippen molar-refractivity contribution in [1.82, 2.24) is 5.32 Å². The van der Waals surface area contributed by atoms with E-state index < -0.39 is 11.7 Å². The first-order valence-electron chi connectivity index (χ1n) is 4.78. The Bertz CT molecular complexity index is 345. The summed E-state index contributed by atoms with van der Waals surface area (Å²) >= 11 is 5.88. The monoisotopic (exact) mass is 249 g/mol. The van der Waals surface area contributed by atoms with Crippen LogP contribution in [0.25, 0.3) is 0 Å². The zero-order chi connectivity index (χ0) is 10.2. The molecule has 1 heterocycles. The van der Waals surface area contributed by atoms with Gasteiger partial charge in [-0.2, -0.15) is 0 Å². The molecule has 1 aliphatic heterocycles. The minimum atomic E-state index is -0.832. The minimum absolute atomic E-state index is 0. The Morgan fingerprint density at radius 2 is 2.27 bits per heavy atom. The molecule has 15 heavy (non-hydrogen) atoms. The van der Waals surface area contributed by atoms with Gasteiger partial charge in [-0.25, -0.2) is 4.39 Å². The van der Waals surface area contributed by atoms with Crippen LogP contribution in [-0.2, 0) is 5.54 Å². The Labute approximate surface area is 100 Å². The molecule has 1 saturated heterocycles. The molecule has 0 aliphatic carbocycles. The molecule has 0 bridgehead atoms. The summed E-state index contributed by atoms with van der Waals surface area (Å²) < 4.78 is 13.7. The number of nitrogens with one attached hydrogen (secondary N) is 1. The van der Waals surface area contributed by atoms with Crippen LogP contribution in [0.3, 0.4) is 0 Å². The average molecular weight is 250 g/mol. The van der Waals surface area contributed by atoms with E-state index in [4.69, 9.17) is 11.6 Å². The Morgan fingerprint density at radius 3 is 2.80 bits per heavy atom. The first-order valence-corrected chi connectivity index (χ1v) is 5.16. The first-order chi connectivity index (χ1) is 6.63. The SMILES string of the molecule is CC1(c2cccc(Cl)c2)NCCC1F.Cl. The number of hydrogen-bond acceptors (Lipinski definition) is 1. The van der Waals surface area contributed by atoms with Crippen molar-refractivity contribution in [3.05, 3.63) is 34.9 Å². The summed E-state index contributed by atoms with van der Waals surface area (Å²) in [6.45, 7) is 2.61. The lowest BCUT2D eigenvalue weighted by Crippen LogP contribution is -2.39. The van der Waals surface area contributed by atoms with Crippen molar-refractivity contribution in [1.29, 1.82) is 0 Å². The second-order valence-electron chi connectivity index (χ2n) is 3.90. The summed E-state index contributed by atoms with van der Waals surface area (Å²) in [6.07, 6.45) is -0.260. The molecule has 2 unspecified atom stereocenters. The molecule has 0 saturated carbocycles. The maximum atomic E-state index is 13.7. The zero-order valence-electron chi connectivity index (χ0n) is 8.47. The van der Waals surface area contributed by atoms with Gasteiger partial charge in [0.1, 0.15) is 6.17 Å². The average Bonchev–Trinajstić information content (AvgIpc) is 2.49. The highest BCUT2D eigenvalue weighted by atomic mass is 35.5. The molecule has 2 atom stereocenters. The molecule has 1 fully saturated rings. The van der Waals surface area contributed by atoms with Gasteiger partial charge in [0.2, 0.25) is 0 Å². The van der Waals surface area contributed by atoms with Crippen LogP contribution in [0.2, 0.25) is 5.02 Å². The van der Waals surface area contributed by atoms with Gasteiger partial charge in [0.15, 0.2) is 0 Å². The number of rotatable bonds is 1. The highest BCUT2D eigenvalue weighted by Gasteiger charge is 2.40. The predicted molar refractivity (Wildman–Crippen MR) is 63.6 cm³/mol. The first kappa shape index (κ1) is 12.8. The van der Waals surface area contributed by atoms with E-state index >= 15 is 0 Å². The maximum Gasteiger partial charge on any atom is 0.123 e. The number of hydrogen-bond donors (Lipinski definition) is 1. The number of halogens is 3. The van der Waals surface area contributed by atoms with Gasteiger partial charge in [0, 0.05) is 5.02 Å². The van der Waals surface area contributed by atoms with E-state index in [1.807, 2.05) is 25.1 Å². The van der Waals surface area contributed by atoms with Crippen LogP contribution in [0.5, 0.6) is 0 Å². The van der Waals surface area contributed by atoms with Crippen LogP contribution in [-0.4, -0.2) is 12.7 Å². The molecule has 2 rings (SSSR count). The van der Waals surface area contributed by atoms with E-state index in [0.717, 1.165) is 12.1 Å². The summed E-state index contributed by atoms with van der Waals surface area (Å²) in [6, 6.07) is 7.40. The van der Waals surface area contributed by atoms with Gasteiger partial charge in [-0.1, -0.05) is 23.7 Å². The highest BCUT2D eigenvalue weighted by molar-refractivity contribution is 6.30. The fourth-order valence-corrected chi connectivity index (χ4v) is 2.14. The van der Waals surface area contributed by atoms with E-state index in [1.54, 1.807) is 6.07 Å². The minimum Gasteiger partial charge on any atom is -0.305 e. The van der Waals surface area contributed by atoms with Crippen LogP contribution in [0.4, 0.5) is 4.39 Å².